The van der Waals surface area contributed by atoms with Crippen LogP contribution in [0.1, 0.15) is 68.9 Å². The zero-order valence-electron chi connectivity index (χ0n) is 24.0. The molecule has 0 unspecified atom stereocenters. The first kappa shape index (κ1) is 29.1. The lowest BCUT2D eigenvalue weighted by Crippen LogP contribution is -2.62. The van der Waals surface area contributed by atoms with E-state index in [0.29, 0.717) is 24.5 Å². The number of hydrogen-bond donors (Lipinski definition) is 1. The summed E-state index contributed by atoms with van der Waals surface area (Å²) in [5, 5.41) is 4.46. The summed E-state index contributed by atoms with van der Waals surface area (Å²) in [6.07, 6.45) is 7.67. The Bertz CT molecular complexity index is 1110. The number of benzene rings is 2. The second-order valence-electron chi connectivity index (χ2n) is 12.0. The van der Waals surface area contributed by atoms with Crippen molar-refractivity contribution in [2.75, 3.05) is 45.8 Å². The summed E-state index contributed by atoms with van der Waals surface area (Å²) in [4.78, 5) is 33.5. The second kappa shape index (κ2) is 13.5. The lowest BCUT2D eigenvalue weighted by Gasteiger charge is -2.50. The van der Waals surface area contributed by atoms with E-state index in [1.165, 1.54) is 37.7 Å². The van der Waals surface area contributed by atoms with Crippen molar-refractivity contribution in [3.05, 3.63) is 70.7 Å². The van der Waals surface area contributed by atoms with Crippen LogP contribution in [-0.4, -0.2) is 77.9 Å². The Hall–Kier alpha value is -2.41. The maximum Gasteiger partial charge on any atom is 0.228 e. The van der Waals surface area contributed by atoms with Gasteiger partial charge < -0.3 is 15.1 Å². The number of carbonyl (C=O) groups excluding carboxylic acids is 2. The van der Waals surface area contributed by atoms with E-state index >= 15 is 0 Å². The van der Waals surface area contributed by atoms with Crippen molar-refractivity contribution >= 4 is 23.4 Å². The number of halogens is 1. The molecule has 0 bridgehead atoms. The maximum atomic E-state index is 14.0. The minimum absolute atomic E-state index is 0.00970. The van der Waals surface area contributed by atoms with Gasteiger partial charge in [-0.25, -0.2) is 0 Å². The van der Waals surface area contributed by atoms with Crippen LogP contribution in [0.4, 0.5) is 0 Å². The molecule has 6 nitrogen and oxygen atoms in total. The van der Waals surface area contributed by atoms with Crippen molar-refractivity contribution in [1.29, 1.82) is 0 Å². The molecule has 0 spiro atoms. The number of carbonyl (C=O) groups is 2. The number of amides is 2. The van der Waals surface area contributed by atoms with Crippen LogP contribution in [0.3, 0.4) is 0 Å². The minimum atomic E-state index is -0.204. The summed E-state index contributed by atoms with van der Waals surface area (Å²) >= 11 is 6.16. The van der Waals surface area contributed by atoms with E-state index in [1.54, 1.807) is 0 Å². The third kappa shape index (κ3) is 6.72. The summed E-state index contributed by atoms with van der Waals surface area (Å²) in [5.41, 5.74) is 2.59. The number of likely N-dealkylation sites (tertiary alicyclic amines) is 1. The number of piperazine rings is 1. The van der Waals surface area contributed by atoms with Gasteiger partial charge >= 0.3 is 0 Å². The Balaban J connectivity index is 1.23. The van der Waals surface area contributed by atoms with Gasteiger partial charge in [0, 0.05) is 75.3 Å². The van der Waals surface area contributed by atoms with Gasteiger partial charge in [-0.2, -0.15) is 0 Å². The number of hydrogen-bond acceptors (Lipinski definition) is 4. The van der Waals surface area contributed by atoms with E-state index in [2.05, 4.69) is 45.4 Å². The maximum absolute atomic E-state index is 14.0. The third-order valence-electron chi connectivity index (χ3n) is 9.42. The summed E-state index contributed by atoms with van der Waals surface area (Å²) < 4.78 is 0. The molecule has 2 aromatic rings. The fourth-order valence-electron chi connectivity index (χ4n) is 7.16. The van der Waals surface area contributed by atoms with Gasteiger partial charge in [0.2, 0.25) is 11.8 Å². The van der Waals surface area contributed by atoms with Crippen molar-refractivity contribution in [1.82, 2.24) is 20.0 Å². The first-order chi connectivity index (χ1) is 19.5. The van der Waals surface area contributed by atoms with Crippen molar-refractivity contribution < 1.29 is 9.59 Å². The monoisotopic (exact) mass is 564 g/mol. The fourth-order valence-corrected chi connectivity index (χ4v) is 7.29. The van der Waals surface area contributed by atoms with E-state index in [4.69, 9.17) is 11.6 Å². The Labute approximate surface area is 245 Å². The third-order valence-corrected chi connectivity index (χ3v) is 9.68. The zero-order chi connectivity index (χ0) is 28.0. The van der Waals surface area contributed by atoms with Crippen molar-refractivity contribution in [3.63, 3.8) is 0 Å². The smallest absolute Gasteiger partial charge is 0.228 e. The van der Waals surface area contributed by atoms with E-state index in [9.17, 15) is 9.59 Å². The molecular formula is C33H45ClN4O2. The van der Waals surface area contributed by atoms with Gasteiger partial charge in [-0.3, -0.25) is 14.5 Å². The van der Waals surface area contributed by atoms with Gasteiger partial charge in [0.25, 0.3) is 0 Å². The zero-order valence-corrected chi connectivity index (χ0v) is 24.7. The highest BCUT2D eigenvalue weighted by Crippen LogP contribution is 2.37. The van der Waals surface area contributed by atoms with Crippen molar-refractivity contribution in [3.8, 4) is 0 Å². The highest BCUT2D eigenvalue weighted by molar-refractivity contribution is 6.30. The number of rotatable bonds is 9. The molecule has 2 saturated heterocycles. The largest absolute Gasteiger partial charge is 0.341 e. The second-order valence-corrected chi connectivity index (χ2v) is 12.4. The predicted octanol–water partition coefficient (Wildman–Crippen LogP) is 5.32. The molecule has 2 amide bonds. The minimum Gasteiger partial charge on any atom is -0.341 e. The molecule has 2 heterocycles. The Morgan fingerprint density at radius 3 is 2.27 bits per heavy atom. The summed E-state index contributed by atoms with van der Waals surface area (Å²) in [5.74, 6) is 0.162. The van der Waals surface area contributed by atoms with E-state index < -0.39 is 0 Å². The molecule has 40 heavy (non-hydrogen) atoms. The lowest BCUT2D eigenvalue weighted by molar-refractivity contribution is -0.139. The molecule has 1 aliphatic carbocycles. The van der Waals surface area contributed by atoms with Crippen LogP contribution in [-0.2, 0) is 16.1 Å². The van der Waals surface area contributed by atoms with Gasteiger partial charge in [-0.05, 0) is 42.5 Å². The molecule has 216 valence electrons. The van der Waals surface area contributed by atoms with E-state index in [1.807, 2.05) is 36.1 Å². The fraction of sp³-hybridized carbons (Fsp3) is 0.576. The molecule has 1 saturated carbocycles. The highest BCUT2D eigenvalue weighted by atomic mass is 35.5. The first-order valence-electron chi connectivity index (χ1n) is 15.3. The van der Waals surface area contributed by atoms with E-state index in [-0.39, 0.29) is 29.2 Å². The number of nitrogens with one attached hydrogen (secondary N) is 1. The van der Waals surface area contributed by atoms with Crippen LogP contribution < -0.4 is 5.32 Å². The van der Waals surface area contributed by atoms with Gasteiger partial charge in [-0.15, -0.1) is 0 Å². The highest BCUT2D eigenvalue weighted by Gasteiger charge is 2.44. The SMILES string of the molecule is CCCC(=O)N1C[C@H](C(=O)N2CCN(C3(CNCc4ccccc4)CCCCC3)CC2)[C@@H](c2ccc(Cl)cc2)C1. The standard InChI is InChI=1S/C33H45ClN4O2/c1-2-9-31(39)37-23-29(27-12-14-28(34)15-13-27)30(24-37)32(40)36-18-20-38(21-19-36)33(16-7-4-8-17-33)25-35-22-26-10-5-3-6-11-26/h3,5-6,10-15,29-30,35H,2,4,7-9,16-25H2,1H3/t29-,30+/m1/s1. The molecule has 7 heteroatoms. The molecule has 3 fully saturated rings. The Kier molecular flexibility index (Phi) is 9.82. The number of nitrogens with zero attached hydrogens (tertiary/aromatic N) is 3. The summed E-state index contributed by atoms with van der Waals surface area (Å²) in [6.45, 7) is 8.37. The van der Waals surface area contributed by atoms with E-state index in [0.717, 1.165) is 51.3 Å². The van der Waals surface area contributed by atoms with Gasteiger partial charge in [0.1, 0.15) is 0 Å². The molecule has 5 rings (SSSR count). The van der Waals surface area contributed by atoms with Crippen LogP contribution in [0, 0.1) is 5.92 Å². The van der Waals surface area contributed by atoms with Crippen LogP contribution in [0.5, 0.6) is 0 Å². The molecule has 2 aliphatic heterocycles. The van der Waals surface area contributed by atoms with Crippen LogP contribution >= 0.6 is 11.6 Å². The first-order valence-corrected chi connectivity index (χ1v) is 15.7. The van der Waals surface area contributed by atoms with Crippen molar-refractivity contribution in [2.45, 2.75) is 69.9 Å². The molecule has 3 aliphatic rings. The van der Waals surface area contributed by atoms with Gasteiger partial charge in [0.05, 0.1) is 5.92 Å². The molecular weight excluding hydrogens is 520 g/mol. The van der Waals surface area contributed by atoms with Crippen LogP contribution in [0.25, 0.3) is 0 Å². The summed E-state index contributed by atoms with van der Waals surface area (Å²) in [7, 11) is 0. The normalized spacial score (nSPS) is 23.4. The van der Waals surface area contributed by atoms with Crippen molar-refractivity contribution in [2.24, 2.45) is 5.92 Å². The van der Waals surface area contributed by atoms with Crippen LogP contribution in [0.15, 0.2) is 54.6 Å². The predicted molar refractivity (Wildman–Crippen MR) is 161 cm³/mol. The molecule has 2 atom stereocenters. The quantitative estimate of drug-likeness (QED) is 0.448. The topological polar surface area (TPSA) is 55.9 Å². The molecule has 0 radical (unpaired) electrons. The average molecular weight is 565 g/mol. The average Bonchev–Trinajstić information content (AvgIpc) is 3.44. The Morgan fingerprint density at radius 2 is 1.60 bits per heavy atom. The molecule has 1 N–H and O–H groups in total. The van der Waals surface area contributed by atoms with Gasteiger partial charge in [-0.1, -0.05) is 80.3 Å². The van der Waals surface area contributed by atoms with Gasteiger partial charge in [0.15, 0.2) is 0 Å². The molecule has 0 aromatic heterocycles. The Morgan fingerprint density at radius 1 is 0.900 bits per heavy atom. The summed E-state index contributed by atoms with van der Waals surface area (Å²) in [6, 6.07) is 18.5. The molecule has 2 aromatic carbocycles. The lowest BCUT2D eigenvalue weighted by atomic mass is 9.79. The van der Waals surface area contributed by atoms with Crippen LogP contribution in [0.2, 0.25) is 5.02 Å².